The number of hydrogen-bond donors (Lipinski definition) is 1. The van der Waals surface area contributed by atoms with Gasteiger partial charge in [-0.1, -0.05) is 19.1 Å². The second kappa shape index (κ2) is 3.94. The number of hydrogen-bond acceptors (Lipinski definition) is 2. The Balaban J connectivity index is 2.07. The van der Waals surface area contributed by atoms with E-state index < -0.39 is 13.9 Å². The second-order valence-corrected chi connectivity index (χ2v) is 11.6. The van der Waals surface area contributed by atoms with Gasteiger partial charge >= 0.3 is 0 Å². The summed E-state index contributed by atoms with van der Waals surface area (Å²) in [6, 6.07) is 1.13. The molecule has 2 saturated heterocycles. The molecule has 18 heavy (non-hydrogen) atoms. The molecule has 4 rings (SSSR count). The lowest BCUT2D eigenvalue weighted by Crippen LogP contribution is -2.59. The molecule has 0 amide bonds. The van der Waals surface area contributed by atoms with Crippen LogP contribution < -0.4 is 0 Å². The maximum absolute atomic E-state index is 11.4. The molecule has 2 aliphatic carbocycles. The molecule has 2 aliphatic heterocycles. The van der Waals surface area contributed by atoms with Crippen LogP contribution in [0.15, 0.2) is 12.2 Å². The molecule has 3 fully saturated rings. The Morgan fingerprint density at radius 2 is 2.06 bits per heavy atom. The molecule has 2 nitrogen and oxygen atoms in total. The summed E-state index contributed by atoms with van der Waals surface area (Å²) in [4.78, 5) is 0. The lowest BCUT2D eigenvalue weighted by molar-refractivity contribution is -0.175. The van der Waals surface area contributed by atoms with E-state index in [2.05, 4.69) is 32.2 Å². The molecular weight excluding hydrogens is 240 g/mol. The highest BCUT2D eigenvalue weighted by atomic mass is 28.4. The van der Waals surface area contributed by atoms with Crippen LogP contribution in [-0.2, 0) is 4.43 Å². The molecular formula is C15H26O2Si. The Morgan fingerprint density at radius 3 is 2.83 bits per heavy atom. The van der Waals surface area contributed by atoms with Gasteiger partial charge in [-0.15, -0.1) is 0 Å². The molecule has 102 valence electrons. The summed E-state index contributed by atoms with van der Waals surface area (Å²) >= 11 is 0. The first-order valence-corrected chi connectivity index (χ1v) is 10.5. The summed E-state index contributed by atoms with van der Waals surface area (Å²) in [5.41, 5.74) is -0.566. The zero-order chi connectivity index (χ0) is 13.0. The van der Waals surface area contributed by atoms with Gasteiger partial charge in [0.1, 0.15) is 0 Å². The van der Waals surface area contributed by atoms with Crippen molar-refractivity contribution >= 4 is 8.32 Å². The largest absolute Gasteiger partial charge is 0.414 e. The van der Waals surface area contributed by atoms with Gasteiger partial charge in [-0.3, -0.25) is 0 Å². The van der Waals surface area contributed by atoms with Gasteiger partial charge < -0.3 is 9.53 Å². The summed E-state index contributed by atoms with van der Waals surface area (Å²) in [6.07, 6.45) is 10.0. The van der Waals surface area contributed by atoms with Crippen molar-refractivity contribution < 1.29 is 9.53 Å². The maximum Gasteiger partial charge on any atom is 0.187 e. The van der Waals surface area contributed by atoms with Crippen molar-refractivity contribution in [2.24, 2.45) is 11.3 Å². The Morgan fingerprint density at radius 1 is 1.28 bits per heavy atom. The van der Waals surface area contributed by atoms with Crippen LogP contribution in [0.2, 0.25) is 19.1 Å². The van der Waals surface area contributed by atoms with E-state index in [-0.39, 0.29) is 11.5 Å². The predicted molar refractivity (Wildman–Crippen MR) is 75.9 cm³/mol. The molecule has 0 aromatic rings. The fourth-order valence-corrected chi connectivity index (χ4v) is 7.66. The van der Waals surface area contributed by atoms with Crippen LogP contribution in [0.3, 0.4) is 0 Å². The molecule has 4 aliphatic rings. The van der Waals surface area contributed by atoms with Crippen molar-refractivity contribution in [3.8, 4) is 0 Å². The van der Waals surface area contributed by atoms with E-state index in [4.69, 9.17) is 4.43 Å². The number of allylic oxidation sites excluding steroid dienone is 1. The Hall–Kier alpha value is -0.123. The standard InChI is InChI=1S/C15H26O2Si/c1-14-9-5-4-6-10-15(14,16)12-7-8-13(14)17-18(2,3)11-12/h4,6,12-13,16H,5,7-11H2,1-3H3/t12-,13-,14-,15+/m1/s1. The van der Waals surface area contributed by atoms with E-state index >= 15 is 0 Å². The van der Waals surface area contributed by atoms with E-state index in [1.807, 2.05) is 0 Å². The summed E-state index contributed by atoms with van der Waals surface area (Å²) < 4.78 is 6.53. The molecule has 2 heterocycles. The van der Waals surface area contributed by atoms with Crippen LogP contribution in [0.25, 0.3) is 0 Å². The van der Waals surface area contributed by atoms with E-state index in [1.165, 1.54) is 0 Å². The summed E-state index contributed by atoms with van der Waals surface area (Å²) in [7, 11) is -1.59. The van der Waals surface area contributed by atoms with Crippen molar-refractivity contribution in [3.05, 3.63) is 12.2 Å². The van der Waals surface area contributed by atoms with E-state index in [0.717, 1.165) is 38.1 Å². The van der Waals surface area contributed by atoms with E-state index in [1.54, 1.807) is 0 Å². The third-order valence-corrected chi connectivity index (χ3v) is 8.18. The van der Waals surface area contributed by atoms with Crippen LogP contribution in [0, 0.1) is 11.3 Å². The minimum absolute atomic E-state index is 0.0415. The molecule has 0 aromatic heterocycles. The molecule has 3 heteroatoms. The molecule has 0 aromatic carbocycles. The highest BCUT2D eigenvalue weighted by Crippen LogP contribution is 2.58. The van der Waals surface area contributed by atoms with Gasteiger partial charge in [0.15, 0.2) is 8.32 Å². The average Bonchev–Trinajstić information content (AvgIpc) is 2.56. The smallest absolute Gasteiger partial charge is 0.187 e. The zero-order valence-electron chi connectivity index (χ0n) is 11.9. The molecule has 0 spiro atoms. The van der Waals surface area contributed by atoms with Crippen molar-refractivity contribution in [2.75, 3.05) is 0 Å². The Kier molecular flexibility index (Phi) is 2.82. The van der Waals surface area contributed by atoms with Gasteiger partial charge in [0.25, 0.3) is 0 Å². The highest BCUT2D eigenvalue weighted by Gasteiger charge is 2.62. The Labute approximate surface area is 112 Å². The molecule has 1 saturated carbocycles. The molecule has 4 atom stereocenters. The maximum atomic E-state index is 11.4. The lowest BCUT2D eigenvalue weighted by atomic mass is 9.56. The summed E-state index contributed by atoms with van der Waals surface area (Å²) in [5, 5.41) is 11.4. The number of fused-ring (bicyclic) bond motifs is 3. The molecule has 1 N–H and O–H groups in total. The van der Waals surface area contributed by atoms with Gasteiger partial charge in [0.05, 0.1) is 11.7 Å². The zero-order valence-corrected chi connectivity index (χ0v) is 12.9. The average molecular weight is 266 g/mol. The van der Waals surface area contributed by atoms with Crippen LogP contribution in [0.5, 0.6) is 0 Å². The van der Waals surface area contributed by atoms with Gasteiger partial charge in [0.2, 0.25) is 0 Å². The summed E-state index contributed by atoms with van der Waals surface area (Å²) in [6.45, 7) is 6.94. The first-order chi connectivity index (χ1) is 8.37. The van der Waals surface area contributed by atoms with Crippen LogP contribution in [-0.4, -0.2) is 25.1 Å². The first-order valence-electron chi connectivity index (χ1n) is 7.43. The van der Waals surface area contributed by atoms with E-state index in [9.17, 15) is 5.11 Å². The van der Waals surface area contributed by atoms with Crippen LogP contribution in [0.1, 0.15) is 39.0 Å². The van der Waals surface area contributed by atoms with E-state index in [0.29, 0.717) is 5.92 Å². The van der Waals surface area contributed by atoms with Gasteiger partial charge in [-0.2, -0.15) is 0 Å². The van der Waals surface area contributed by atoms with Crippen molar-refractivity contribution in [2.45, 2.75) is 69.9 Å². The topological polar surface area (TPSA) is 29.5 Å². The SMILES string of the molecule is C[C@]12CCC=CC[C@]1(O)[C@@H]1CC[C@H]2O[Si](C)(C)C1. The third kappa shape index (κ3) is 1.67. The predicted octanol–water partition coefficient (Wildman–Crippen LogP) is 3.48. The minimum Gasteiger partial charge on any atom is -0.414 e. The first kappa shape index (κ1) is 12.9. The number of rotatable bonds is 0. The quantitative estimate of drug-likeness (QED) is 0.537. The van der Waals surface area contributed by atoms with Crippen LogP contribution in [0.4, 0.5) is 0 Å². The normalized spacial score (nSPS) is 50.4. The fraction of sp³-hybridized carbons (Fsp3) is 0.867. The van der Waals surface area contributed by atoms with Gasteiger partial charge in [-0.25, -0.2) is 0 Å². The van der Waals surface area contributed by atoms with Crippen LogP contribution >= 0.6 is 0 Å². The monoisotopic (exact) mass is 266 g/mol. The van der Waals surface area contributed by atoms with Gasteiger partial charge in [-0.05, 0) is 57.2 Å². The van der Waals surface area contributed by atoms with Crippen molar-refractivity contribution in [3.63, 3.8) is 0 Å². The lowest BCUT2D eigenvalue weighted by Gasteiger charge is -2.54. The molecule has 2 bridgehead atoms. The van der Waals surface area contributed by atoms with Crippen molar-refractivity contribution in [1.29, 1.82) is 0 Å². The number of aliphatic hydroxyl groups is 1. The highest BCUT2D eigenvalue weighted by molar-refractivity contribution is 6.71. The van der Waals surface area contributed by atoms with Crippen molar-refractivity contribution in [1.82, 2.24) is 0 Å². The molecule has 0 radical (unpaired) electrons. The molecule has 0 unspecified atom stereocenters. The Bertz CT molecular complexity index is 379. The fourth-order valence-electron chi connectivity index (χ4n) is 4.68. The second-order valence-electron chi connectivity index (χ2n) is 7.40. The third-order valence-electron chi connectivity index (χ3n) is 5.78. The minimum atomic E-state index is -1.59. The summed E-state index contributed by atoms with van der Waals surface area (Å²) in [5.74, 6) is 0.450. The van der Waals surface area contributed by atoms with Gasteiger partial charge in [0, 0.05) is 5.41 Å².